The van der Waals surface area contributed by atoms with E-state index in [0.717, 1.165) is 35.0 Å². The molecule has 0 spiro atoms. The lowest BCUT2D eigenvalue weighted by Crippen LogP contribution is -3.14. The zero-order valence-corrected chi connectivity index (χ0v) is 16.1. The lowest BCUT2D eigenvalue weighted by Gasteiger charge is -2.21. The smallest absolute Gasteiger partial charge is 0.215 e. The molecule has 1 saturated heterocycles. The Kier molecular flexibility index (Phi) is 4.84. The minimum atomic E-state index is 0.740. The van der Waals surface area contributed by atoms with Crippen LogP contribution in [0.3, 0.4) is 0 Å². The van der Waals surface area contributed by atoms with Crippen LogP contribution in [-0.2, 0) is 0 Å². The lowest BCUT2D eigenvalue weighted by atomic mass is 10.1. The molecule has 0 amide bonds. The third-order valence-corrected chi connectivity index (χ3v) is 5.59. The summed E-state index contributed by atoms with van der Waals surface area (Å²) in [7, 11) is 0. The van der Waals surface area contributed by atoms with Gasteiger partial charge in [-0.15, -0.1) is 0 Å². The van der Waals surface area contributed by atoms with Crippen molar-refractivity contribution in [3.63, 3.8) is 0 Å². The van der Waals surface area contributed by atoms with Crippen LogP contribution in [0.25, 0.3) is 22.3 Å². The molecule has 1 N–H and O–H groups in total. The number of fused-ring (bicyclic) bond motifs is 1. The molecule has 0 unspecified atom stereocenters. The molecule has 2 aromatic carbocycles. The number of nitrogens with zero attached hydrogens (tertiary/aromatic N) is 1. The van der Waals surface area contributed by atoms with Crippen molar-refractivity contribution in [1.82, 2.24) is 4.58 Å². The Morgan fingerprint density at radius 3 is 2.46 bits per heavy atom. The SMILES string of the molecule is CC[NH+]1CC[N+](=c2cc(-c3ccc(Cl)cc3)oc3ccc(C)cc23)CC1. The predicted octanol–water partition coefficient (Wildman–Crippen LogP) is 2.75. The maximum absolute atomic E-state index is 6.24. The van der Waals surface area contributed by atoms with Crippen LogP contribution >= 0.6 is 11.6 Å². The van der Waals surface area contributed by atoms with Crippen LogP contribution in [0, 0.1) is 6.92 Å². The summed E-state index contributed by atoms with van der Waals surface area (Å²) in [5, 5.41) is 3.21. The topological polar surface area (TPSA) is 20.6 Å². The number of hydrogen-bond acceptors (Lipinski definition) is 1. The monoisotopic (exact) mass is 368 g/mol. The molecule has 0 bridgehead atoms. The Hall–Kier alpha value is -2.10. The second-order valence-electron chi connectivity index (χ2n) is 7.09. The van der Waals surface area contributed by atoms with E-state index in [4.69, 9.17) is 16.0 Å². The number of benzene rings is 2. The Labute approximate surface area is 159 Å². The van der Waals surface area contributed by atoms with E-state index in [1.165, 1.54) is 35.9 Å². The maximum atomic E-state index is 6.24. The zero-order valence-electron chi connectivity index (χ0n) is 15.4. The quantitative estimate of drug-likeness (QED) is 0.690. The van der Waals surface area contributed by atoms with E-state index in [-0.39, 0.29) is 0 Å². The highest BCUT2D eigenvalue weighted by molar-refractivity contribution is 6.30. The van der Waals surface area contributed by atoms with Crippen molar-refractivity contribution in [2.45, 2.75) is 13.8 Å². The minimum absolute atomic E-state index is 0.740. The summed E-state index contributed by atoms with van der Waals surface area (Å²) < 4.78 is 8.75. The van der Waals surface area contributed by atoms with Crippen molar-refractivity contribution < 1.29 is 9.32 Å². The predicted molar refractivity (Wildman–Crippen MR) is 108 cm³/mol. The van der Waals surface area contributed by atoms with E-state index in [9.17, 15) is 0 Å². The Bertz CT molecular complexity index is 995. The van der Waals surface area contributed by atoms with Gasteiger partial charge in [0.05, 0.1) is 18.0 Å². The third kappa shape index (κ3) is 3.42. The fraction of sp³-hybridized carbons (Fsp3) is 0.318. The third-order valence-electron chi connectivity index (χ3n) is 5.34. The van der Waals surface area contributed by atoms with Gasteiger partial charge in [0.1, 0.15) is 24.4 Å². The standard InChI is InChI=1S/C22H24ClN2O/c1-3-24-10-12-25(13-11-24)20-15-22(17-5-7-18(23)8-6-17)26-21-9-4-16(2)14-19(20)21/h4-9,14-15H,3,10-13H2,1-2H3/q+1/p+1. The summed E-state index contributed by atoms with van der Waals surface area (Å²) in [4.78, 5) is 1.68. The zero-order chi connectivity index (χ0) is 18.1. The molecule has 0 saturated carbocycles. The first-order chi connectivity index (χ1) is 12.6. The number of rotatable bonds is 2. The van der Waals surface area contributed by atoms with Crippen LogP contribution in [0.4, 0.5) is 0 Å². The Balaban J connectivity index is 1.92. The minimum Gasteiger partial charge on any atom is -0.456 e. The molecule has 2 heterocycles. The lowest BCUT2D eigenvalue weighted by molar-refractivity contribution is -0.900. The van der Waals surface area contributed by atoms with Crippen LogP contribution in [-0.4, -0.2) is 32.7 Å². The van der Waals surface area contributed by atoms with Crippen molar-refractivity contribution in [3.05, 3.63) is 64.5 Å². The summed E-state index contributed by atoms with van der Waals surface area (Å²) >= 11 is 6.05. The van der Waals surface area contributed by atoms with Crippen LogP contribution in [0.15, 0.2) is 52.9 Å². The second-order valence-corrected chi connectivity index (χ2v) is 7.53. The molecular formula is C22H25ClN2O+2. The normalized spacial score (nSPS) is 17.7. The van der Waals surface area contributed by atoms with E-state index in [1.54, 1.807) is 4.90 Å². The second kappa shape index (κ2) is 7.26. The van der Waals surface area contributed by atoms with Crippen LogP contribution in [0.2, 0.25) is 5.02 Å². The van der Waals surface area contributed by atoms with Gasteiger partial charge in [-0.3, -0.25) is 0 Å². The van der Waals surface area contributed by atoms with Gasteiger partial charge < -0.3 is 9.32 Å². The Morgan fingerprint density at radius 1 is 1.04 bits per heavy atom. The molecule has 26 heavy (non-hydrogen) atoms. The maximum Gasteiger partial charge on any atom is 0.215 e. The summed E-state index contributed by atoms with van der Waals surface area (Å²) in [6, 6.07) is 16.5. The highest BCUT2D eigenvalue weighted by Crippen LogP contribution is 2.24. The van der Waals surface area contributed by atoms with E-state index in [1.807, 2.05) is 24.3 Å². The van der Waals surface area contributed by atoms with E-state index in [0.29, 0.717) is 0 Å². The van der Waals surface area contributed by atoms with Crippen LogP contribution in [0.5, 0.6) is 0 Å². The number of likely N-dealkylation sites (N-methyl/N-ethyl adjacent to an activating group) is 1. The van der Waals surface area contributed by atoms with Crippen molar-refractivity contribution in [1.29, 1.82) is 0 Å². The molecule has 3 aromatic rings. The summed E-state index contributed by atoms with van der Waals surface area (Å²) in [6.45, 7) is 10.1. The van der Waals surface area contributed by atoms with Gasteiger partial charge in [0.15, 0.2) is 13.1 Å². The first kappa shape index (κ1) is 17.3. The number of quaternary nitrogens is 1. The average Bonchev–Trinajstić information content (AvgIpc) is 2.68. The van der Waals surface area contributed by atoms with Gasteiger partial charge in [-0.05, 0) is 50.2 Å². The summed E-state index contributed by atoms with van der Waals surface area (Å²) in [5.74, 6) is 0.887. The number of piperazine rings is 1. The Morgan fingerprint density at radius 2 is 1.77 bits per heavy atom. The number of nitrogens with one attached hydrogen (secondary N) is 1. The van der Waals surface area contributed by atoms with Crippen molar-refractivity contribution in [3.8, 4) is 11.3 Å². The number of hydrogen-bond donors (Lipinski definition) is 1. The number of halogens is 1. The van der Waals surface area contributed by atoms with E-state index < -0.39 is 0 Å². The number of aryl methyl sites for hydroxylation is 1. The molecular weight excluding hydrogens is 344 g/mol. The molecule has 0 aliphatic carbocycles. The first-order valence-corrected chi connectivity index (χ1v) is 9.74. The highest BCUT2D eigenvalue weighted by atomic mass is 35.5. The van der Waals surface area contributed by atoms with Gasteiger partial charge in [-0.2, -0.15) is 0 Å². The fourth-order valence-corrected chi connectivity index (χ4v) is 3.84. The van der Waals surface area contributed by atoms with E-state index >= 15 is 0 Å². The van der Waals surface area contributed by atoms with Gasteiger partial charge in [0.25, 0.3) is 0 Å². The van der Waals surface area contributed by atoms with Gasteiger partial charge in [0, 0.05) is 10.6 Å². The molecule has 134 valence electrons. The molecule has 0 radical (unpaired) electrons. The van der Waals surface area contributed by atoms with Crippen LogP contribution in [0.1, 0.15) is 12.5 Å². The summed E-state index contributed by atoms with van der Waals surface area (Å²) in [6.07, 6.45) is 0. The molecule has 4 heteroatoms. The van der Waals surface area contributed by atoms with Crippen molar-refractivity contribution in [2.75, 3.05) is 32.7 Å². The van der Waals surface area contributed by atoms with Gasteiger partial charge in [-0.1, -0.05) is 23.2 Å². The fourth-order valence-electron chi connectivity index (χ4n) is 3.72. The van der Waals surface area contributed by atoms with Crippen molar-refractivity contribution >= 4 is 22.6 Å². The summed E-state index contributed by atoms with van der Waals surface area (Å²) in [5.41, 5.74) is 3.24. The first-order valence-electron chi connectivity index (χ1n) is 9.36. The molecule has 3 nitrogen and oxygen atoms in total. The van der Waals surface area contributed by atoms with E-state index in [2.05, 4.69) is 42.7 Å². The molecule has 1 aromatic heterocycles. The molecule has 0 atom stereocenters. The van der Waals surface area contributed by atoms with Gasteiger partial charge in [0.2, 0.25) is 5.36 Å². The van der Waals surface area contributed by atoms with Gasteiger partial charge in [-0.25, -0.2) is 4.58 Å². The molecule has 1 fully saturated rings. The molecule has 4 rings (SSSR count). The molecule has 1 aliphatic rings. The van der Waals surface area contributed by atoms with Crippen molar-refractivity contribution in [2.24, 2.45) is 0 Å². The molecule has 1 aliphatic heterocycles. The average molecular weight is 369 g/mol. The highest BCUT2D eigenvalue weighted by Gasteiger charge is 2.22. The van der Waals surface area contributed by atoms with Crippen LogP contribution < -0.4 is 14.8 Å². The largest absolute Gasteiger partial charge is 0.456 e. The van der Waals surface area contributed by atoms with Gasteiger partial charge >= 0.3 is 0 Å².